The molecule has 0 atom stereocenters. The van der Waals surface area contributed by atoms with Crippen LogP contribution >= 0.6 is 0 Å². The molecule has 0 saturated heterocycles. The lowest BCUT2D eigenvalue weighted by molar-refractivity contribution is 0.652. The van der Waals surface area contributed by atoms with Gasteiger partial charge in [0.25, 0.3) is 0 Å². The molecule has 2 aliphatic rings. The molecule has 10 aromatic carbocycles. The number of hydrogen-bond donors (Lipinski definition) is 0. The highest BCUT2D eigenvalue weighted by atomic mass is 16.3. The van der Waals surface area contributed by atoms with Crippen LogP contribution in [0, 0.1) is 0 Å². The van der Waals surface area contributed by atoms with Crippen molar-refractivity contribution in [3.8, 4) is 66.8 Å². The van der Waals surface area contributed by atoms with Crippen molar-refractivity contribution in [2.75, 3.05) is 4.90 Å². The minimum absolute atomic E-state index is 0.143. The Kier molecular flexibility index (Phi) is 8.95. The van der Waals surface area contributed by atoms with E-state index in [0.717, 1.165) is 50.1 Å². The zero-order valence-corrected chi connectivity index (χ0v) is 38.7. The molecule has 0 radical (unpaired) electrons. The first kappa shape index (κ1) is 40.1. The molecule has 68 heavy (non-hydrogen) atoms. The number of hydrogen-bond acceptors (Lipinski definition) is 2. The summed E-state index contributed by atoms with van der Waals surface area (Å²) >= 11 is 0. The van der Waals surface area contributed by atoms with Gasteiger partial charge in [-0.25, -0.2) is 0 Å². The smallest absolute Gasteiger partial charge is 0.143 e. The molecule has 0 spiro atoms. The Morgan fingerprint density at radius 1 is 0.309 bits per heavy atom. The van der Waals surface area contributed by atoms with Gasteiger partial charge in [0.2, 0.25) is 0 Å². The van der Waals surface area contributed by atoms with Gasteiger partial charge in [-0.1, -0.05) is 198 Å². The van der Waals surface area contributed by atoms with E-state index in [1.54, 1.807) is 0 Å². The van der Waals surface area contributed by atoms with Crippen LogP contribution < -0.4 is 4.90 Å². The highest BCUT2D eigenvalue weighted by molar-refractivity contribution is 6.09. The molecule has 1 aromatic heterocycles. The summed E-state index contributed by atoms with van der Waals surface area (Å²) in [5, 5.41) is 2.27. The number of anilines is 3. The maximum absolute atomic E-state index is 6.46. The van der Waals surface area contributed by atoms with E-state index in [0.29, 0.717) is 0 Å². The topological polar surface area (TPSA) is 16.4 Å². The van der Waals surface area contributed by atoms with Crippen LogP contribution in [-0.4, -0.2) is 0 Å². The van der Waals surface area contributed by atoms with Crippen LogP contribution in [0.3, 0.4) is 0 Å². The summed E-state index contributed by atoms with van der Waals surface area (Å²) in [7, 11) is 0. The normalized spacial score (nSPS) is 13.8. The van der Waals surface area contributed by atoms with Crippen molar-refractivity contribution in [2.45, 2.75) is 38.5 Å². The van der Waals surface area contributed by atoms with Crippen LogP contribution in [0.15, 0.2) is 229 Å². The molecule has 2 nitrogen and oxygen atoms in total. The van der Waals surface area contributed by atoms with E-state index in [1.165, 1.54) is 77.9 Å². The van der Waals surface area contributed by atoms with Gasteiger partial charge < -0.3 is 9.32 Å². The van der Waals surface area contributed by atoms with Gasteiger partial charge in [-0.15, -0.1) is 0 Å². The molecule has 11 aromatic rings. The predicted molar refractivity (Wildman–Crippen MR) is 285 cm³/mol. The fraction of sp³-hybridized carbons (Fsp3) is 0.0909. The highest BCUT2D eigenvalue weighted by Gasteiger charge is 2.43. The Morgan fingerprint density at radius 3 is 1.25 bits per heavy atom. The van der Waals surface area contributed by atoms with E-state index in [4.69, 9.17) is 4.42 Å². The summed E-state index contributed by atoms with van der Waals surface area (Å²) < 4.78 is 6.46. The predicted octanol–water partition coefficient (Wildman–Crippen LogP) is 18.3. The van der Waals surface area contributed by atoms with Crippen molar-refractivity contribution in [3.63, 3.8) is 0 Å². The maximum Gasteiger partial charge on any atom is 0.143 e. The van der Waals surface area contributed by atoms with Crippen LogP contribution in [0.25, 0.3) is 88.7 Å². The van der Waals surface area contributed by atoms with Gasteiger partial charge in [0.05, 0.1) is 0 Å². The second-order valence-electron chi connectivity index (χ2n) is 19.6. The van der Waals surface area contributed by atoms with Crippen molar-refractivity contribution in [3.05, 3.63) is 247 Å². The second-order valence-corrected chi connectivity index (χ2v) is 19.6. The standard InChI is InChI=1S/C66H49NO/c1-65(2)57-25-14-21-50(44-18-9-6-10-19-44)62(57)55-40-60-56(41-59(55)65)63-51(22-15-26-58(63)66(60,3)4)45-30-36-48(37-31-45)67(47-34-28-43(29-35-47)42-16-7-5-8-17-42)49-38-32-46(33-39-49)52-23-13-24-54-53-20-11-12-27-61(53)68-64(52)54/h5-41H,1-4H3. The molecule has 0 amide bonds. The highest BCUT2D eigenvalue weighted by Crippen LogP contribution is 2.59. The molecule has 0 aliphatic heterocycles. The molecular weight excluding hydrogens is 823 g/mol. The monoisotopic (exact) mass is 871 g/mol. The van der Waals surface area contributed by atoms with Gasteiger partial charge in [0.1, 0.15) is 11.2 Å². The maximum atomic E-state index is 6.46. The number of para-hydroxylation sites is 2. The van der Waals surface area contributed by atoms with Crippen LogP contribution in [-0.2, 0) is 10.8 Å². The van der Waals surface area contributed by atoms with Crippen LogP contribution in [0.4, 0.5) is 17.1 Å². The van der Waals surface area contributed by atoms with Gasteiger partial charge in [-0.2, -0.15) is 0 Å². The minimum Gasteiger partial charge on any atom is -0.455 e. The number of furan rings is 1. The SMILES string of the molecule is CC1(C)c2cc3c(cc2-c2c(-c4ccccc4)cccc21)C(C)(C)c1cccc(-c2ccc(N(c4ccc(-c5ccccc5)cc4)c4ccc(-c5cccc6c5oc5ccccc56)cc4)cc2)c1-3. The van der Waals surface area contributed by atoms with Crippen molar-refractivity contribution in [1.82, 2.24) is 0 Å². The summed E-state index contributed by atoms with van der Waals surface area (Å²) in [5.74, 6) is 0. The minimum atomic E-state index is -0.172. The summed E-state index contributed by atoms with van der Waals surface area (Å²) in [6.07, 6.45) is 0. The summed E-state index contributed by atoms with van der Waals surface area (Å²) in [6.45, 7) is 9.62. The molecule has 324 valence electrons. The van der Waals surface area contributed by atoms with Gasteiger partial charge in [0, 0.05) is 44.2 Å². The van der Waals surface area contributed by atoms with Gasteiger partial charge in [-0.3, -0.25) is 0 Å². The van der Waals surface area contributed by atoms with Crippen molar-refractivity contribution >= 4 is 39.0 Å². The molecule has 2 heteroatoms. The molecule has 0 N–H and O–H groups in total. The second kappa shape index (κ2) is 15.2. The number of benzene rings is 10. The lowest BCUT2D eigenvalue weighted by atomic mass is 9.79. The first-order valence-corrected chi connectivity index (χ1v) is 23.8. The number of nitrogens with zero attached hydrogens (tertiary/aromatic N) is 1. The van der Waals surface area contributed by atoms with E-state index < -0.39 is 0 Å². The number of rotatable bonds is 7. The molecule has 2 aliphatic carbocycles. The molecule has 0 unspecified atom stereocenters. The van der Waals surface area contributed by atoms with Crippen LogP contribution in [0.5, 0.6) is 0 Å². The largest absolute Gasteiger partial charge is 0.455 e. The molecule has 13 rings (SSSR count). The molecule has 0 fully saturated rings. The Bertz CT molecular complexity index is 3740. The molecule has 0 saturated carbocycles. The van der Waals surface area contributed by atoms with E-state index in [-0.39, 0.29) is 10.8 Å². The summed E-state index contributed by atoms with van der Waals surface area (Å²) in [5.41, 5.74) is 25.4. The Morgan fingerprint density at radius 2 is 0.706 bits per heavy atom. The Hall–Kier alpha value is -8.20. The molecular formula is C66H49NO. The number of fused-ring (bicyclic) bond motifs is 9. The first-order chi connectivity index (χ1) is 33.2. The van der Waals surface area contributed by atoms with Crippen LogP contribution in [0.2, 0.25) is 0 Å². The van der Waals surface area contributed by atoms with E-state index in [1.807, 2.05) is 12.1 Å². The van der Waals surface area contributed by atoms with Gasteiger partial charge >= 0.3 is 0 Å². The Balaban J connectivity index is 0.902. The van der Waals surface area contributed by atoms with E-state index >= 15 is 0 Å². The van der Waals surface area contributed by atoms with E-state index in [9.17, 15) is 0 Å². The lowest BCUT2D eigenvalue weighted by Gasteiger charge is -2.26. The van der Waals surface area contributed by atoms with E-state index in [2.05, 4.69) is 245 Å². The van der Waals surface area contributed by atoms with Crippen molar-refractivity contribution < 1.29 is 4.42 Å². The van der Waals surface area contributed by atoms with Gasteiger partial charge in [0.15, 0.2) is 0 Å². The summed E-state index contributed by atoms with van der Waals surface area (Å²) in [4.78, 5) is 2.37. The third-order valence-electron chi connectivity index (χ3n) is 15.1. The Labute approximate surface area is 398 Å². The quantitative estimate of drug-likeness (QED) is 0.159. The average Bonchev–Trinajstić information content (AvgIpc) is 3.96. The lowest BCUT2D eigenvalue weighted by Crippen LogP contribution is -2.16. The van der Waals surface area contributed by atoms with Crippen LogP contribution in [0.1, 0.15) is 49.9 Å². The molecule has 0 bridgehead atoms. The summed E-state index contributed by atoms with van der Waals surface area (Å²) in [6, 6.07) is 82.2. The fourth-order valence-corrected chi connectivity index (χ4v) is 11.6. The molecule has 1 heterocycles. The zero-order chi connectivity index (χ0) is 45.7. The van der Waals surface area contributed by atoms with Crippen molar-refractivity contribution in [2.24, 2.45) is 0 Å². The average molecular weight is 872 g/mol. The third-order valence-corrected chi connectivity index (χ3v) is 15.1. The van der Waals surface area contributed by atoms with Gasteiger partial charge in [-0.05, 0) is 138 Å². The van der Waals surface area contributed by atoms with Crippen molar-refractivity contribution in [1.29, 1.82) is 0 Å². The third kappa shape index (κ3) is 6.10. The first-order valence-electron chi connectivity index (χ1n) is 23.8. The fourth-order valence-electron chi connectivity index (χ4n) is 11.6. The zero-order valence-electron chi connectivity index (χ0n) is 38.7.